The van der Waals surface area contributed by atoms with E-state index in [4.69, 9.17) is 0 Å². The van der Waals surface area contributed by atoms with Gasteiger partial charge in [0, 0.05) is 43.5 Å². The largest absolute Gasteiger partial charge is 0.344 e. The van der Waals surface area contributed by atoms with Crippen molar-refractivity contribution in [2.24, 2.45) is 7.05 Å². The maximum absolute atomic E-state index is 9.24. The first-order valence-corrected chi connectivity index (χ1v) is 10.4. The fourth-order valence-electron chi connectivity index (χ4n) is 4.37. The predicted molar refractivity (Wildman–Crippen MR) is 123 cm³/mol. The average molecular weight is 388 g/mol. The maximum Gasteiger partial charge on any atom is 0.0992 e. The van der Waals surface area contributed by atoms with Crippen LogP contribution in [0.5, 0.6) is 0 Å². The Labute approximate surface area is 171 Å². The minimum absolute atomic E-state index is 0.693. The Kier molecular flexibility index (Phi) is 3.35. The Bertz CT molecular complexity index is 1630. The Hall–Kier alpha value is -3.61. The molecule has 0 saturated carbocycles. The number of hydrogen-bond donors (Lipinski definition) is 0. The Morgan fingerprint density at radius 1 is 0.690 bits per heavy atom. The lowest BCUT2D eigenvalue weighted by atomic mass is 10.0. The second-order valence-electron chi connectivity index (χ2n) is 7.44. The summed E-state index contributed by atoms with van der Waals surface area (Å²) in [5.41, 5.74) is 5.41. The number of aromatic nitrogens is 1. The first-order chi connectivity index (χ1) is 14.2. The maximum atomic E-state index is 9.24. The highest BCUT2D eigenvalue weighted by molar-refractivity contribution is 7.25. The number of thiophene rings is 1. The van der Waals surface area contributed by atoms with E-state index in [0.29, 0.717) is 5.56 Å². The Morgan fingerprint density at radius 3 is 2.31 bits per heavy atom. The molecule has 0 spiro atoms. The molecule has 2 aromatic heterocycles. The van der Waals surface area contributed by atoms with E-state index in [1.807, 2.05) is 23.5 Å². The molecule has 29 heavy (non-hydrogen) atoms. The van der Waals surface area contributed by atoms with E-state index < -0.39 is 0 Å². The van der Waals surface area contributed by atoms with E-state index >= 15 is 0 Å². The van der Waals surface area contributed by atoms with E-state index in [1.165, 1.54) is 47.6 Å². The summed E-state index contributed by atoms with van der Waals surface area (Å²) in [4.78, 5) is 0. The van der Waals surface area contributed by atoms with Crippen LogP contribution in [0.1, 0.15) is 5.56 Å². The molecule has 0 fully saturated rings. The third-order valence-corrected chi connectivity index (χ3v) is 7.00. The summed E-state index contributed by atoms with van der Waals surface area (Å²) >= 11 is 1.85. The zero-order chi connectivity index (χ0) is 19.5. The fraction of sp³-hybridized carbons (Fsp3) is 0.0385. The fourth-order valence-corrected chi connectivity index (χ4v) is 5.45. The summed E-state index contributed by atoms with van der Waals surface area (Å²) in [5.74, 6) is 0. The molecule has 6 rings (SSSR count). The van der Waals surface area contributed by atoms with Crippen LogP contribution in [0.25, 0.3) is 53.1 Å². The zero-order valence-corrected chi connectivity index (χ0v) is 16.6. The van der Waals surface area contributed by atoms with Gasteiger partial charge in [-0.1, -0.05) is 36.4 Å². The van der Waals surface area contributed by atoms with Gasteiger partial charge in [-0.3, -0.25) is 0 Å². The van der Waals surface area contributed by atoms with Crippen LogP contribution in [-0.2, 0) is 7.05 Å². The average Bonchev–Trinajstić information content (AvgIpc) is 3.28. The van der Waals surface area contributed by atoms with Crippen molar-refractivity contribution >= 4 is 53.3 Å². The van der Waals surface area contributed by atoms with Crippen LogP contribution in [0.15, 0.2) is 78.9 Å². The van der Waals surface area contributed by atoms with Gasteiger partial charge in [0.15, 0.2) is 0 Å². The molecule has 0 saturated heterocycles. The number of fused-ring (bicyclic) bond motifs is 6. The highest BCUT2D eigenvalue weighted by Crippen LogP contribution is 2.37. The predicted octanol–water partition coefficient (Wildman–Crippen LogP) is 7.24. The van der Waals surface area contributed by atoms with Crippen molar-refractivity contribution < 1.29 is 0 Å². The molecule has 4 aromatic carbocycles. The molecular formula is C26H16N2S. The number of hydrogen-bond acceptors (Lipinski definition) is 2. The molecule has 2 nitrogen and oxygen atoms in total. The van der Waals surface area contributed by atoms with Crippen molar-refractivity contribution in [3.63, 3.8) is 0 Å². The highest BCUT2D eigenvalue weighted by Gasteiger charge is 2.11. The van der Waals surface area contributed by atoms with Crippen LogP contribution >= 0.6 is 11.3 Å². The quantitative estimate of drug-likeness (QED) is 0.292. The molecule has 0 atom stereocenters. The monoisotopic (exact) mass is 388 g/mol. The standard InChI is InChI=1S/C26H16N2S/c1-28-23-10-7-17(13-21(23)19-9-6-16(15-27)12-24(19)28)18-8-11-26-22(14-18)20-4-2-3-5-25(20)29-26/h2-14H,1H3. The first kappa shape index (κ1) is 16.4. The third kappa shape index (κ3) is 2.33. The molecule has 3 heteroatoms. The van der Waals surface area contributed by atoms with E-state index in [9.17, 15) is 5.26 Å². The molecule has 0 bridgehead atoms. The molecule has 0 unspecified atom stereocenters. The van der Waals surface area contributed by atoms with E-state index in [0.717, 1.165) is 5.52 Å². The first-order valence-electron chi connectivity index (χ1n) is 9.57. The number of nitrogens with zero attached hydrogens (tertiary/aromatic N) is 2. The molecule has 0 amide bonds. The van der Waals surface area contributed by atoms with Crippen LogP contribution in [0.2, 0.25) is 0 Å². The van der Waals surface area contributed by atoms with Crippen LogP contribution < -0.4 is 0 Å². The van der Waals surface area contributed by atoms with Gasteiger partial charge >= 0.3 is 0 Å². The van der Waals surface area contributed by atoms with Crippen LogP contribution in [0.4, 0.5) is 0 Å². The topological polar surface area (TPSA) is 28.7 Å². The minimum atomic E-state index is 0.693. The molecule has 0 N–H and O–H groups in total. The van der Waals surface area contributed by atoms with Crippen molar-refractivity contribution in [2.45, 2.75) is 0 Å². The van der Waals surface area contributed by atoms with Gasteiger partial charge in [0.1, 0.15) is 0 Å². The SMILES string of the molecule is Cn1c2ccc(-c3ccc4sc5ccccc5c4c3)cc2c2ccc(C#N)cc21. The van der Waals surface area contributed by atoms with Crippen LogP contribution in [0, 0.1) is 11.3 Å². The molecule has 0 aliphatic heterocycles. The number of benzene rings is 4. The van der Waals surface area contributed by atoms with Gasteiger partial charge in [-0.05, 0) is 53.6 Å². The Morgan fingerprint density at radius 2 is 1.45 bits per heavy atom. The lowest BCUT2D eigenvalue weighted by Crippen LogP contribution is -1.87. The zero-order valence-electron chi connectivity index (χ0n) is 15.8. The smallest absolute Gasteiger partial charge is 0.0992 e. The van der Waals surface area contributed by atoms with Crippen molar-refractivity contribution in [1.29, 1.82) is 5.26 Å². The van der Waals surface area contributed by atoms with E-state index in [1.54, 1.807) is 0 Å². The van der Waals surface area contributed by atoms with E-state index in [-0.39, 0.29) is 0 Å². The van der Waals surface area contributed by atoms with Crippen molar-refractivity contribution in [3.8, 4) is 17.2 Å². The second-order valence-corrected chi connectivity index (χ2v) is 8.53. The Balaban J connectivity index is 1.60. The van der Waals surface area contributed by atoms with E-state index in [2.05, 4.69) is 84.4 Å². The summed E-state index contributed by atoms with van der Waals surface area (Å²) < 4.78 is 4.83. The van der Waals surface area contributed by atoms with Gasteiger partial charge in [0.05, 0.1) is 17.1 Å². The molecule has 136 valence electrons. The number of rotatable bonds is 1. The van der Waals surface area contributed by atoms with Crippen LogP contribution in [-0.4, -0.2) is 4.57 Å². The van der Waals surface area contributed by atoms with Gasteiger partial charge in [0.2, 0.25) is 0 Å². The molecule has 2 heterocycles. The summed E-state index contributed by atoms with van der Waals surface area (Å²) in [7, 11) is 2.06. The van der Waals surface area contributed by atoms with Crippen molar-refractivity contribution in [2.75, 3.05) is 0 Å². The van der Waals surface area contributed by atoms with Crippen molar-refractivity contribution in [3.05, 3.63) is 84.4 Å². The van der Waals surface area contributed by atoms with Gasteiger partial charge in [-0.15, -0.1) is 11.3 Å². The molecule has 0 aliphatic carbocycles. The summed E-state index contributed by atoms with van der Waals surface area (Å²) in [6, 6.07) is 30.2. The molecule has 0 aliphatic rings. The molecule has 0 radical (unpaired) electrons. The van der Waals surface area contributed by atoms with Crippen molar-refractivity contribution in [1.82, 2.24) is 4.57 Å². The summed E-state index contributed by atoms with van der Waals surface area (Å²) in [6.45, 7) is 0. The minimum Gasteiger partial charge on any atom is -0.344 e. The number of nitriles is 1. The van der Waals surface area contributed by atoms with Gasteiger partial charge in [-0.25, -0.2) is 0 Å². The molecular weight excluding hydrogens is 372 g/mol. The van der Waals surface area contributed by atoms with Gasteiger partial charge in [-0.2, -0.15) is 5.26 Å². The van der Waals surface area contributed by atoms with Gasteiger partial charge in [0.25, 0.3) is 0 Å². The summed E-state index contributed by atoms with van der Waals surface area (Å²) in [6.07, 6.45) is 0. The van der Waals surface area contributed by atoms with Crippen LogP contribution in [0.3, 0.4) is 0 Å². The highest BCUT2D eigenvalue weighted by atomic mass is 32.1. The molecule has 6 aromatic rings. The lowest BCUT2D eigenvalue weighted by molar-refractivity contribution is 1.01. The van der Waals surface area contributed by atoms with Gasteiger partial charge < -0.3 is 4.57 Å². The lowest BCUT2D eigenvalue weighted by Gasteiger charge is -2.04. The normalized spacial score (nSPS) is 11.6. The second kappa shape index (κ2) is 5.94. The third-order valence-electron chi connectivity index (χ3n) is 5.85. The summed E-state index contributed by atoms with van der Waals surface area (Å²) in [5, 5.41) is 14.3. The number of aryl methyl sites for hydroxylation is 1.